The summed E-state index contributed by atoms with van der Waals surface area (Å²) in [6.45, 7) is 0. The van der Waals surface area contributed by atoms with Crippen LogP contribution in [-0.4, -0.2) is 16.7 Å². The van der Waals surface area contributed by atoms with E-state index in [9.17, 15) is 4.39 Å². The maximum atomic E-state index is 13.7. The number of fused-ring (bicyclic) bond motifs is 1. The molecule has 2 aromatic carbocycles. The van der Waals surface area contributed by atoms with Crippen LogP contribution in [-0.2, 0) is 7.05 Å². The molecule has 0 saturated carbocycles. The van der Waals surface area contributed by atoms with E-state index in [4.69, 9.17) is 9.47 Å². The van der Waals surface area contributed by atoms with Gasteiger partial charge in [0.05, 0.1) is 24.5 Å². The molecule has 4 nitrogen and oxygen atoms in total. The van der Waals surface area contributed by atoms with Gasteiger partial charge in [0.1, 0.15) is 11.5 Å². The molecule has 1 aromatic heterocycles. The number of rotatable bonds is 3. The SMILES string of the molecule is COc1ccc(F)c(Oc2ccc3ncn(C)c3c2)c1. The largest absolute Gasteiger partial charge is 0.497 e. The lowest BCUT2D eigenvalue weighted by atomic mass is 10.3. The number of imidazole rings is 1. The van der Waals surface area contributed by atoms with Gasteiger partial charge in [-0.15, -0.1) is 0 Å². The number of halogens is 1. The summed E-state index contributed by atoms with van der Waals surface area (Å²) < 4.78 is 26.3. The molecule has 0 aliphatic carbocycles. The molecule has 3 rings (SSSR count). The average Bonchev–Trinajstić information content (AvgIpc) is 2.83. The minimum atomic E-state index is -0.434. The van der Waals surface area contributed by atoms with Gasteiger partial charge in [-0.25, -0.2) is 9.37 Å². The number of benzene rings is 2. The third kappa shape index (κ3) is 2.18. The highest BCUT2D eigenvalue weighted by atomic mass is 19.1. The molecule has 0 N–H and O–H groups in total. The second-order valence-corrected chi connectivity index (χ2v) is 4.40. The van der Waals surface area contributed by atoms with Crippen LogP contribution in [0.2, 0.25) is 0 Å². The van der Waals surface area contributed by atoms with Gasteiger partial charge in [0, 0.05) is 19.2 Å². The monoisotopic (exact) mass is 272 g/mol. The average molecular weight is 272 g/mol. The molecule has 20 heavy (non-hydrogen) atoms. The Morgan fingerprint density at radius 1 is 1.10 bits per heavy atom. The first-order valence-corrected chi connectivity index (χ1v) is 6.10. The molecule has 0 spiro atoms. The van der Waals surface area contributed by atoms with Crippen LogP contribution in [0, 0.1) is 5.82 Å². The molecule has 102 valence electrons. The molecule has 0 unspecified atom stereocenters. The lowest BCUT2D eigenvalue weighted by Gasteiger charge is -2.08. The first kappa shape index (κ1) is 12.5. The number of methoxy groups -OCH3 is 1. The molecule has 0 aliphatic rings. The lowest BCUT2D eigenvalue weighted by Crippen LogP contribution is -1.91. The van der Waals surface area contributed by atoms with Crippen LogP contribution in [0.25, 0.3) is 11.0 Å². The van der Waals surface area contributed by atoms with E-state index in [0.717, 1.165) is 11.0 Å². The van der Waals surface area contributed by atoms with Crippen LogP contribution in [0.5, 0.6) is 17.2 Å². The van der Waals surface area contributed by atoms with Crippen LogP contribution in [0.15, 0.2) is 42.7 Å². The van der Waals surface area contributed by atoms with E-state index in [0.29, 0.717) is 11.5 Å². The molecule has 5 heteroatoms. The van der Waals surface area contributed by atoms with Crippen LogP contribution in [0.3, 0.4) is 0 Å². The van der Waals surface area contributed by atoms with E-state index >= 15 is 0 Å². The Bertz CT molecular complexity index is 768. The third-order valence-electron chi connectivity index (χ3n) is 3.06. The normalized spacial score (nSPS) is 10.8. The molecule has 1 heterocycles. The van der Waals surface area contributed by atoms with Gasteiger partial charge >= 0.3 is 0 Å². The molecular weight excluding hydrogens is 259 g/mol. The van der Waals surface area contributed by atoms with Crippen molar-refractivity contribution in [1.29, 1.82) is 0 Å². The van der Waals surface area contributed by atoms with E-state index in [1.807, 2.05) is 23.7 Å². The van der Waals surface area contributed by atoms with Gasteiger partial charge in [0.15, 0.2) is 11.6 Å². The van der Waals surface area contributed by atoms with Crippen LogP contribution < -0.4 is 9.47 Å². The van der Waals surface area contributed by atoms with Crippen LogP contribution >= 0.6 is 0 Å². The van der Waals surface area contributed by atoms with Crippen molar-refractivity contribution in [2.24, 2.45) is 7.05 Å². The number of ether oxygens (including phenoxy) is 2. The fraction of sp³-hybridized carbons (Fsp3) is 0.133. The fourth-order valence-electron chi connectivity index (χ4n) is 1.99. The van der Waals surface area contributed by atoms with Gasteiger partial charge in [-0.05, 0) is 24.3 Å². The van der Waals surface area contributed by atoms with Crippen LogP contribution in [0.1, 0.15) is 0 Å². The summed E-state index contributed by atoms with van der Waals surface area (Å²) in [6.07, 6.45) is 1.72. The minimum Gasteiger partial charge on any atom is -0.497 e. The summed E-state index contributed by atoms with van der Waals surface area (Å²) in [6, 6.07) is 9.80. The highest BCUT2D eigenvalue weighted by molar-refractivity contribution is 5.77. The second-order valence-electron chi connectivity index (χ2n) is 4.40. The topological polar surface area (TPSA) is 36.3 Å². The highest BCUT2D eigenvalue weighted by Crippen LogP contribution is 2.29. The predicted octanol–water partition coefficient (Wildman–Crippen LogP) is 3.51. The number of hydrogen-bond donors (Lipinski definition) is 0. The van der Waals surface area contributed by atoms with Gasteiger partial charge in [0.2, 0.25) is 0 Å². The number of aromatic nitrogens is 2. The molecule has 0 amide bonds. The van der Waals surface area contributed by atoms with Gasteiger partial charge < -0.3 is 14.0 Å². The minimum absolute atomic E-state index is 0.130. The Morgan fingerprint density at radius 3 is 2.70 bits per heavy atom. The summed E-state index contributed by atoms with van der Waals surface area (Å²) in [5.74, 6) is 0.790. The summed E-state index contributed by atoms with van der Waals surface area (Å²) in [4.78, 5) is 4.22. The molecule has 0 atom stereocenters. The van der Waals surface area contributed by atoms with Crippen molar-refractivity contribution >= 4 is 11.0 Å². The molecule has 0 radical (unpaired) electrons. The third-order valence-corrected chi connectivity index (χ3v) is 3.06. The Labute approximate surface area is 115 Å². The Morgan fingerprint density at radius 2 is 1.90 bits per heavy atom. The predicted molar refractivity (Wildman–Crippen MR) is 73.7 cm³/mol. The number of aryl methyl sites for hydroxylation is 1. The Hall–Kier alpha value is -2.56. The second kappa shape index (κ2) is 4.85. The summed E-state index contributed by atoms with van der Waals surface area (Å²) in [5, 5.41) is 0. The van der Waals surface area contributed by atoms with Gasteiger partial charge in [-0.3, -0.25) is 0 Å². The quantitative estimate of drug-likeness (QED) is 0.732. The van der Waals surface area contributed by atoms with Crippen molar-refractivity contribution in [1.82, 2.24) is 9.55 Å². The molecular formula is C15H13FN2O2. The lowest BCUT2D eigenvalue weighted by molar-refractivity contribution is 0.401. The van der Waals surface area contributed by atoms with E-state index in [2.05, 4.69) is 4.98 Å². The van der Waals surface area contributed by atoms with Gasteiger partial charge in [-0.2, -0.15) is 0 Å². The highest BCUT2D eigenvalue weighted by Gasteiger charge is 2.08. The maximum absolute atomic E-state index is 13.7. The summed E-state index contributed by atoms with van der Waals surface area (Å²) >= 11 is 0. The van der Waals surface area contributed by atoms with Crippen LogP contribution in [0.4, 0.5) is 4.39 Å². The molecule has 0 saturated heterocycles. The zero-order chi connectivity index (χ0) is 14.1. The molecule has 3 aromatic rings. The van der Waals surface area contributed by atoms with Gasteiger partial charge in [0.25, 0.3) is 0 Å². The van der Waals surface area contributed by atoms with Crippen molar-refractivity contribution in [3.05, 3.63) is 48.5 Å². The van der Waals surface area contributed by atoms with E-state index in [-0.39, 0.29) is 5.75 Å². The zero-order valence-corrected chi connectivity index (χ0v) is 11.1. The van der Waals surface area contributed by atoms with Crippen molar-refractivity contribution < 1.29 is 13.9 Å². The number of nitrogens with zero attached hydrogens (tertiary/aromatic N) is 2. The maximum Gasteiger partial charge on any atom is 0.166 e. The molecule has 0 bridgehead atoms. The van der Waals surface area contributed by atoms with Crippen molar-refractivity contribution in [2.75, 3.05) is 7.11 Å². The van der Waals surface area contributed by atoms with Gasteiger partial charge in [-0.1, -0.05) is 0 Å². The van der Waals surface area contributed by atoms with Crippen molar-refractivity contribution in [3.63, 3.8) is 0 Å². The fourth-order valence-corrected chi connectivity index (χ4v) is 1.99. The molecule has 0 aliphatic heterocycles. The standard InChI is InChI=1S/C15H13FN2O2/c1-18-9-17-13-6-4-11(7-14(13)18)20-15-8-10(19-2)3-5-12(15)16/h3-9H,1-2H3. The van der Waals surface area contributed by atoms with E-state index in [1.165, 1.54) is 19.2 Å². The Kier molecular flexibility index (Phi) is 3.02. The first-order valence-electron chi connectivity index (χ1n) is 6.10. The smallest absolute Gasteiger partial charge is 0.166 e. The van der Waals surface area contributed by atoms with E-state index in [1.54, 1.807) is 18.5 Å². The summed E-state index contributed by atoms with van der Waals surface area (Å²) in [5.41, 5.74) is 1.79. The summed E-state index contributed by atoms with van der Waals surface area (Å²) in [7, 11) is 3.42. The number of hydrogen-bond acceptors (Lipinski definition) is 3. The van der Waals surface area contributed by atoms with Crippen molar-refractivity contribution in [3.8, 4) is 17.2 Å². The Balaban J connectivity index is 1.98. The first-order chi connectivity index (χ1) is 9.67. The van der Waals surface area contributed by atoms with E-state index < -0.39 is 5.82 Å². The zero-order valence-electron chi connectivity index (χ0n) is 11.1. The molecule has 0 fully saturated rings. The van der Waals surface area contributed by atoms with Crippen molar-refractivity contribution in [2.45, 2.75) is 0 Å².